The molecule has 5 heteroatoms. The van der Waals surface area contributed by atoms with Gasteiger partial charge in [0, 0.05) is 11.7 Å². The lowest BCUT2D eigenvalue weighted by molar-refractivity contribution is 0.0961. The van der Waals surface area contributed by atoms with Crippen LogP contribution in [-0.4, -0.2) is 22.1 Å². The first-order valence-electron chi connectivity index (χ1n) is 5.33. The number of anilines is 1. The summed E-state index contributed by atoms with van der Waals surface area (Å²) in [4.78, 5) is 11.8. The molecule has 1 amide bonds. The van der Waals surface area contributed by atoms with Gasteiger partial charge in [-0.05, 0) is 20.3 Å². The molecule has 3 N–H and O–H groups in total. The summed E-state index contributed by atoms with van der Waals surface area (Å²) in [6.07, 6.45) is 2.32. The van der Waals surface area contributed by atoms with Crippen molar-refractivity contribution in [2.75, 3.05) is 5.32 Å². The highest BCUT2D eigenvalue weighted by molar-refractivity contribution is 5.98. The Bertz CT molecular complexity index is 381. The normalized spacial score (nSPS) is 10.2. The largest absolute Gasteiger partial charge is 0.380 e. The van der Waals surface area contributed by atoms with Gasteiger partial charge >= 0.3 is 0 Å². The van der Waals surface area contributed by atoms with E-state index < -0.39 is 0 Å². The molecule has 0 spiro atoms. The number of hydrogen-bond donors (Lipinski definition) is 3. The van der Waals surface area contributed by atoms with Crippen LogP contribution in [0.1, 0.15) is 37.7 Å². The maximum absolute atomic E-state index is 11.8. The van der Waals surface area contributed by atoms with Crippen molar-refractivity contribution in [3.8, 4) is 0 Å². The van der Waals surface area contributed by atoms with Gasteiger partial charge in [0.25, 0.3) is 5.91 Å². The highest BCUT2D eigenvalue weighted by Gasteiger charge is 2.14. The Kier molecular flexibility index (Phi) is 4.10. The summed E-state index contributed by atoms with van der Waals surface area (Å²) in [7, 11) is 0. The number of nitrogens with zero attached hydrogens (tertiary/aromatic N) is 1. The van der Waals surface area contributed by atoms with Gasteiger partial charge in [-0.2, -0.15) is 5.10 Å². The Balaban J connectivity index is 2.75. The van der Waals surface area contributed by atoms with Crippen LogP contribution in [0.15, 0.2) is 18.5 Å². The van der Waals surface area contributed by atoms with E-state index in [1.54, 1.807) is 6.20 Å². The number of rotatable bonds is 5. The summed E-state index contributed by atoms with van der Waals surface area (Å²) in [5.74, 6) is -0.215. The molecule has 16 heavy (non-hydrogen) atoms. The molecule has 0 aliphatic heterocycles. The third kappa shape index (κ3) is 3.12. The van der Waals surface area contributed by atoms with Gasteiger partial charge in [-0.3, -0.25) is 9.89 Å². The number of carbonyl (C=O) groups excluding carboxylic acids is 1. The topological polar surface area (TPSA) is 69.8 Å². The number of hydrogen-bond acceptors (Lipinski definition) is 3. The highest BCUT2D eigenvalue weighted by Crippen LogP contribution is 2.13. The Morgan fingerprint density at radius 1 is 1.62 bits per heavy atom. The van der Waals surface area contributed by atoms with Crippen molar-refractivity contribution >= 4 is 11.6 Å². The minimum absolute atomic E-state index is 0.215. The molecule has 5 nitrogen and oxygen atoms in total. The van der Waals surface area contributed by atoms with Crippen LogP contribution in [0.3, 0.4) is 0 Å². The predicted molar refractivity (Wildman–Crippen MR) is 64.2 cm³/mol. The first-order valence-corrected chi connectivity index (χ1v) is 5.33. The molecule has 0 fully saturated rings. The molecule has 0 unspecified atom stereocenters. The van der Waals surface area contributed by atoms with E-state index in [4.69, 9.17) is 0 Å². The number of amides is 1. The lowest BCUT2D eigenvalue weighted by Crippen LogP contribution is -2.24. The lowest BCUT2D eigenvalue weighted by atomic mass is 10.3. The summed E-state index contributed by atoms with van der Waals surface area (Å²) >= 11 is 0. The molecule has 0 bridgehead atoms. The molecule has 1 rings (SSSR count). The van der Waals surface area contributed by atoms with Crippen molar-refractivity contribution in [2.24, 2.45) is 0 Å². The van der Waals surface area contributed by atoms with Crippen molar-refractivity contribution < 1.29 is 4.79 Å². The number of nitrogens with one attached hydrogen (secondary N) is 3. The fourth-order valence-corrected chi connectivity index (χ4v) is 1.19. The number of aromatic amines is 1. The van der Waals surface area contributed by atoms with Crippen LogP contribution in [0.5, 0.6) is 0 Å². The second kappa shape index (κ2) is 5.34. The van der Waals surface area contributed by atoms with Gasteiger partial charge in [-0.1, -0.05) is 13.5 Å². The fourth-order valence-electron chi connectivity index (χ4n) is 1.19. The quantitative estimate of drug-likeness (QED) is 0.712. The molecule has 1 aromatic heterocycles. The number of allylic oxidation sites excluding steroid dienone is 1. The average molecular weight is 222 g/mol. The summed E-state index contributed by atoms with van der Waals surface area (Å²) in [6, 6.07) is 0.249. The van der Waals surface area contributed by atoms with Gasteiger partial charge in [0.05, 0.1) is 11.9 Å². The maximum atomic E-state index is 11.8. The SMILES string of the molecule is C=C(CC)NC(=O)c1[nH]ncc1NC(C)C. The summed E-state index contributed by atoms with van der Waals surface area (Å²) in [6.45, 7) is 9.66. The van der Waals surface area contributed by atoms with E-state index in [-0.39, 0.29) is 11.9 Å². The Morgan fingerprint density at radius 2 is 2.31 bits per heavy atom. The summed E-state index contributed by atoms with van der Waals surface area (Å²) < 4.78 is 0. The minimum Gasteiger partial charge on any atom is -0.380 e. The van der Waals surface area contributed by atoms with Crippen LogP contribution < -0.4 is 10.6 Å². The molecule has 0 saturated carbocycles. The minimum atomic E-state index is -0.215. The van der Waals surface area contributed by atoms with Crippen molar-refractivity contribution in [2.45, 2.75) is 33.2 Å². The lowest BCUT2D eigenvalue weighted by Gasteiger charge is -2.10. The number of H-pyrrole nitrogens is 1. The van der Waals surface area contributed by atoms with Gasteiger partial charge < -0.3 is 10.6 Å². The Morgan fingerprint density at radius 3 is 2.88 bits per heavy atom. The Hall–Kier alpha value is -1.78. The van der Waals surface area contributed by atoms with E-state index in [0.29, 0.717) is 23.5 Å². The van der Waals surface area contributed by atoms with E-state index in [2.05, 4.69) is 27.4 Å². The zero-order chi connectivity index (χ0) is 12.1. The van der Waals surface area contributed by atoms with Gasteiger partial charge in [0.2, 0.25) is 0 Å². The van der Waals surface area contributed by atoms with Gasteiger partial charge in [0.1, 0.15) is 5.69 Å². The average Bonchev–Trinajstić information content (AvgIpc) is 2.64. The van der Waals surface area contributed by atoms with Crippen molar-refractivity contribution in [3.05, 3.63) is 24.2 Å². The van der Waals surface area contributed by atoms with Crippen LogP contribution in [0.2, 0.25) is 0 Å². The van der Waals surface area contributed by atoms with Gasteiger partial charge in [0.15, 0.2) is 0 Å². The number of carbonyl (C=O) groups is 1. The van der Waals surface area contributed by atoms with Gasteiger partial charge in [-0.25, -0.2) is 0 Å². The molecule has 0 radical (unpaired) electrons. The van der Waals surface area contributed by atoms with E-state index in [1.807, 2.05) is 20.8 Å². The van der Waals surface area contributed by atoms with Crippen molar-refractivity contribution in [1.29, 1.82) is 0 Å². The first kappa shape index (κ1) is 12.3. The number of aromatic nitrogens is 2. The second-order valence-electron chi connectivity index (χ2n) is 3.87. The van der Waals surface area contributed by atoms with Crippen molar-refractivity contribution in [3.63, 3.8) is 0 Å². The van der Waals surface area contributed by atoms with Crippen LogP contribution in [0.25, 0.3) is 0 Å². The zero-order valence-electron chi connectivity index (χ0n) is 9.92. The predicted octanol–water partition coefficient (Wildman–Crippen LogP) is 1.88. The Labute approximate surface area is 95.3 Å². The highest BCUT2D eigenvalue weighted by atomic mass is 16.2. The smallest absolute Gasteiger partial charge is 0.275 e. The van der Waals surface area contributed by atoms with E-state index >= 15 is 0 Å². The molecule has 1 heterocycles. The third-order valence-corrected chi connectivity index (χ3v) is 2.03. The van der Waals surface area contributed by atoms with E-state index in [0.717, 1.165) is 0 Å². The molecular formula is C11H18N4O. The molecule has 0 aromatic carbocycles. The summed E-state index contributed by atoms with van der Waals surface area (Å²) in [5, 5.41) is 12.4. The van der Waals surface area contributed by atoms with Crippen LogP contribution in [0, 0.1) is 0 Å². The van der Waals surface area contributed by atoms with Crippen LogP contribution in [-0.2, 0) is 0 Å². The monoisotopic (exact) mass is 222 g/mol. The van der Waals surface area contributed by atoms with Gasteiger partial charge in [-0.15, -0.1) is 0 Å². The standard InChI is InChI=1S/C11H18N4O/c1-5-8(4)14-11(16)10-9(6-12-15-10)13-7(2)3/h6-7,13H,4-5H2,1-3H3,(H,12,15)(H,14,16). The van der Waals surface area contributed by atoms with Crippen LogP contribution in [0.4, 0.5) is 5.69 Å². The molecular weight excluding hydrogens is 204 g/mol. The third-order valence-electron chi connectivity index (χ3n) is 2.03. The first-order chi connectivity index (χ1) is 7.54. The molecule has 88 valence electrons. The molecule has 0 saturated heterocycles. The van der Waals surface area contributed by atoms with E-state index in [1.165, 1.54) is 0 Å². The maximum Gasteiger partial charge on any atom is 0.275 e. The fraction of sp³-hybridized carbons (Fsp3) is 0.455. The van der Waals surface area contributed by atoms with E-state index in [9.17, 15) is 4.79 Å². The summed E-state index contributed by atoms with van der Waals surface area (Å²) in [5.41, 5.74) is 1.83. The molecule has 0 aliphatic carbocycles. The molecule has 0 atom stereocenters. The van der Waals surface area contributed by atoms with Crippen LogP contribution >= 0.6 is 0 Å². The molecule has 0 aliphatic rings. The molecule has 1 aromatic rings. The van der Waals surface area contributed by atoms with Crippen molar-refractivity contribution in [1.82, 2.24) is 15.5 Å². The second-order valence-corrected chi connectivity index (χ2v) is 3.87. The zero-order valence-corrected chi connectivity index (χ0v) is 9.92.